The first-order chi connectivity index (χ1) is 16.3. The molecule has 0 radical (unpaired) electrons. The molecule has 173 valence electrons. The van der Waals surface area contributed by atoms with Gasteiger partial charge in [-0.05, 0) is 0 Å². The van der Waals surface area contributed by atoms with E-state index in [0.29, 0.717) is 3.63 Å². The van der Waals surface area contributed by atoms with E-state index in [4.69, 9.17) is 0 Å². The average Bonchev–Trinajstić information content (AvgIpc) is 3.45. The van der Waals surface area contributed by atoms with E-state index in [9.17, 15) is 0 Å². The van der Waals surface area contributed by atoms with E-state index in [-0.39, 0.29) is 24.8 Å². The Morgan fingerprint density at radius 2 is 1.23 bits per heavy atom. The molecule has 3 heteroatoms. The number of benzene rings is 4. The van der Waals surface area contributed by atoms with Crippen LogP contribution in [0.25, 0.3) is 16.7 Å². The standard InChI is InChI=1S/C19H15.C13H10.2ClH.Zr/c1-13-9-10-15(11-13)17-7-4-8-18-16-6-3-2-5-14(16)12-19(17)18;1-3-7-12(8-4-1)11-13-9-5-2-6-10-13;;;/h2-9,11-12H,10H2,1H3;1-10H;2*1H;. The monoisotopic (exact) mass is 571 g/mol. The molecular formula is C32H27Cl2Zr. The van der Waals surface area contributed by atoms with Gasteiger partial charge in [0.1, 0.15) is 0 Å². The SMILES string of the molecule is CC1=CCC(c2cccc3c2[CH]([Zr]=[C](c2ccccc2)c2ccccc2)c2ccccc2-3)=C1.Cl.Cl. The molecule has 0 fully saturated rings. The quantitative estimate of drug-likeness (QED) is 0.229. The summed E-state index contributed by atoms with van der Waals surface area (Å²) < 4.78 is 2.09. The molecule has 0 spiro atoms. The second kappa shape index (κ2) is 11.2. The molecule has 4 aromatic rings. The Morgan fingerprint density at radius 1 is 0.657 bits per heavy atom. The van der Waals surface area contributed by atoms with Gasteiger partial charge in [0.05, 0.1) is 0 Å². The minimum Gasteiger partial charge on any atom is -0.147 e. The van der Waals surface area contributed by atoms with Gasteiger partial charge in [-0.2, -0.15) is 0 Å². The molecule has 0 heterocycles. The van der Waals surface area contributed by atoms with Crippen LogP contribution in [0.5, 0.6) is 0 Å². The summed E-state index contributed by atoms with van der Waals surface area (Å²) in [6.45, 7) is 2.22. The summed E-state index contributed by atoms with van der Waals surface area (Å²) >= 11 is -1.08. The third kappa shape index (κ3) is 4.88. The fourth-order valence-corrected chi connectivity index (χ4v) is 9.70. The zero-order valence-electron chi connectivity index (χ0n) is 19.6. The van der Waals surface area contributed by atoms with Crippen molar-refractivity contribution in [3.05, 3.63) is 149 Å². The average molecular weight is 574 g/mol. The minimum atomic E-state index is -1.08. The minimum absolute atomic E-state index is 0. The number of halogens is 2. The smallest absolute Gasteiger partial charge is 0.147 e. The molecule has 4 aromatic carbocycles. The number of hydrogen-bond acceptors (Lipinski definition) is 0. The zero-order chi connectivity index (χ0) is 22.2. The third-order valence-electron chi connectivity index (χ3n) is 6.76. The van der Waals surface area contributed by atoms with Gasteiger partial charge in [0.25, 0.3) is 0 Å². The van der Waals surface area contributed by atoms with Crippen molar-refractivity contribution in [3.8, 4) is 11.1 Å². The van der Waals surface area contributed by atoms with Gasteiger partial charge in [-0.1, -0.05) is 0 Å². The van der Waals surface area contributed by atoms with Crippen molar-refractivity contribution < 1.29 is 22.8 Å². The second-order valence-electron chi connectivity index (χ2n) is 8.86. The van der Waals surface area contributed by atoms with Crippen LogP contribution in [0.15, 0.2) is 121 Å². The molecule has 0 saturated carbocycles. The van der Waals surface area contributed by atoms with Crippen molar-refractivity contribution in [1.29, 1.82) is 0 Å². The Labute approximate surface area is 231 Å². The first-order valence-electron chi connectivity index (χ1n) is 11.6. The summed E-state index contributed by atoms with van der Waals surface area (Å²) in [5.74, 6) is 0. The van der Waals surface area contributed by atoms with E-state index in [1.165, 1.54) is 44.5 Å². The molecule has 1 atom stereocenters. The summed E-state index contributed by atoms with van der Waals surface area (Å²) in [7, 11) is 0. The molecule has 1 unspecified atom stereocenters. The van der Waals surface area contributed by atoms with E-state index < -0.39 is 22.8 Å². The number of rotatable bonds is 4. The van der Waals surface area contributed by atoms with Crippen LogP contribution in [0, 0.1) is 0 Å². The first kappa shape index (κ1) is 25.8. The van der Waals surface area contributed by atoms with Crippen LogP contribution in [-0.4, -0.2) is 3.21 Å². The summed E-state index contributed by atoms with van der Waals surface area (Å²) in [6, 6.07) is 38.2. The Kier molecular flexibility index (Phi) is 8.23. The molecule has 35 heavy (non-hydrogen) atoms. The maximum Gasteiger partial charge on any atom is -0.147 e. The predicted molar refractivity (Wildman–Crippen MR) is 151 cm³/mol. The van der Waals surface area contributed by atoms with Gasteiger partial charge in [0.2, 0.25) is 0 Å². The van der Waals surface area contributed by atoms with E-state index >= 15 is 0 Å². The van der Waals surface area contributed by atoms with Gasteiger partial charge < -0.3 is 0 Å². The van der Waals surface area contributed by atoms with Crippen LogP contribution in [0.1, 0.15) is 44.8 Å². The van der Waals surface area contributed by atoms with Crippen molar-refractivity contribution in [3.63, 3.8) is 0 Å². The molecule has 6 rings (SSSR count). The van der Waals surface area contributed by atoms with E-state index in [0.717, 1.165) is 6.42 Å². The first-order valence-corrected chi connectivity index (χ1v) is 14.3. The van der Waals surface area contributed by atoms with Gasteiger partial charge in [-0.3, -0.25) is 0 Å². The van der Waals surface area contributed by atoms with Crippen molar-refractivity contribution in [2.45, 2.75) is 17.0 Å². The largest absolute Gasteiger partial charge is 0.147 e. The summed E-state index contributed by atoms with van der Waals surface area (Å²) in [5.41, 5.74) is 13.1. The van der Waals surface area contributed by atoms with Crippen LogP contribution >= 0.6 is 24.8 Å². The van der Waals surface area contributed by atoms with E-state index in [1.807, 2.05) is 0 Å². The van der Waals surface area contributed by atoms with Crippen LogP contribution in [0.3, 0.4) is 0 Å². The molecule has 0 N–H and O–H groups in total. The second-order valence-corrected chi connectivity index (χ2v) is 12.2. The van der Waals surface area contributed by atoms with Gasteiger partial charge in [-0.25, -0.2) is 0 Å². The van der Waals surface area contributed by atoms with Gasteiger partial charge in [0.15, 0.2) is 0 Å². The maximum atomic E-state index is 2.39. The molecule has 0 aromatic heterocycles. The Balaban J connectivity index is 0.00000144. The van der Waals surface area contributed by atoms with Gasteiger partial charge in [-0.15, -0.1) is 24.8 Å². The predicted octanol–water partition coefficient (Wildman–Crippen LogP) is 8.68. The molecule has 0 aliphatic heterocycles. The van der Waals surface area contributed by atoms with Crippen molar-refractivity contribution in [1.82, 2.24) is 0 Å². The molecule has 0 saturated heterocycles. The molecule has 2 aliphatic carbocycles. The molecule has 0 bridgehead atoms. The van der Waals surface area contributed by atoms with Crippen LogP contribution < -0.4 is 0 Å². The molecule has 0 nitrogen and oxygen atoms in total. The van der Waals surface area contributed by atoms with Crippen molar-refractivity contribution in [2.24, 2.45) is 0 Å². The summed E-state index contributed by atoms with van der Waals surface area (Å²) in [5, 5.41) is 0. The molecule has 2 aliphatic rings. The third-order valence-corrected chi connectivity index (χ3v) is 11.1. The van der Waals surface area contributed by atoms with Gasteiger partial charge in [0, 0.05) is 0 Å². The van der Waals surface area contributed by atoms with Crippen molar-refractivity contribution in [2.75, 3.05) is 0 Å². The maximum absolute atomic E-state index is 2.39. The number of hydrogen-bond donors (Lipinski definition) is 0. The fourth-order valence-electron chi connectivity index (χ4n) is 5.23. The molecular weight excluding hydrogens is 546 g/mol. The van der Waals surface area contributed by atoms with Crippen LogP contribution in [0.2, 0.25) is 0 Å². The number of fused-ring (bicyclic) bond motifs is 3. The van der Waals surface area contributed by atoms with Gasteiger partial charge >= 0.3 is 208 Å². The summed E-state index contributed by atoms with van der Waals surface area (Å²) in [4.78, 5) is 0. The fraction of sp³-hybridized carbons (Fsp3) is 0.0938. The Bertz CT molecular complexity index is 1390. The van der Waals surface area contributed by atoms with E-state index in [2.05, 4.69) is 122 Å². The van der Waals surface area contributed by atoms with E-state index in [1.54, 1.807) is 8.77 Å². The number of allylic oxidation sites excluding steroid dienone is 4. The Morgan fingerprint density at radius 3 is 1.86 bits per heavy atom. The topological polar surface area (TPSA) is 0 Å². The Hall–Kier alpha value is -2.31. The summed E-state index contributed by atoms with van der Waals surface area (Å²) in [6.07, 6.45) is 5.79. The van der Waals surface area contributed by atoms with Crippen LogP contribution in [-0.2, 0) is 22.8 Å². The van der Waals surface area contributed by atoms with Crippen LogP contribution in [0.4, 0.5) is 0 Å². The molecule has 0 amide bonds. The zero-order valence-corrected chi connectivity index (χ0v) is 23.7. The van der Waals surface area contributed by atoms with Crippen molar-refractivity contribution >= 4 is 33.6 Å². The normalized spacial score (nSPS) is 14.9.